The monoisotopic (exact) mass is 276 g/mol. The van der Waals surface area contributed by atoms with Gasteiger partial charge in [-0.05, 0) is 36.3 Å². The van der Waals surface area contributed by atoms with Crippen molar-refractivity contribution in [1.82, 2.24) is 0 Å². The first kappa shape index (κ1) is 14.5. The zero-order chi connectivity index (χ0) is 14.5. The van der Waals surface area contributed by atoms with Crippen LogP contribution in [0, 0.1) is 5.82 Å². The molecule has 2 rings (SSSR count). The predicted octanol–water partition coefficient (Wildman–Crippen LogP) is 3.66. The summed E-state index contributed by atoms with van der Waals surface area (Å²) in [7, 11) is 0. The van der Waals surface area contributed by atoms with E-state index in [0.29, 0.717) is 35.6 Å². The van der Waals surface area contributed by atoms with Crippen LogP contribution in [0.3, 0.4) is 0 Å². The van der Waals surface area contributed by atoms with Crippen molar-refractivity contribution in [1.29, 1.82) is 0 Å². The number of aliphatic carboxylic acids is 1. The van der Waals surface area contributed by atoms with Crippen LogP contribution in [-0.2, 0) is 4.79 Å². The number of unbranched alkanes of at least 4 members (excludes halogenated alkanes) is 1. The molecule has 0 spiro atoms. The van der Waals surface area contributed by atoms with E-state index in [9.17, 15) is 14.3 Å². The smallest absolute Gasteiger partial charge is 0.303 e. The lowest BCUT2D eigenvalue weighted by Crippen LogP contribution is -2.00. The van der Waals surface area contributed by atoms with Crippen molar-refractivity contribution >= 4 is 16.7 Å². The van der Waals surface area contributed by atoms with Gasteiger partial charge < -0.3 is 10.2 Å². The van der Waals surface area contributed by atoms with Gasteiger partial charge >= 0.3 is 5.97 Å². The van der Waals surface area contributed by atoms with Gasteiger partial charge in [0.15, 0.2) is 0 Å². The summed E-state index contributed by atoms with van der Waals surface area (Å²) in [6.07, 6.45) is 1.04. The van der Waals surface area contributed by atoms with E-state index in [1.54, 1.807) is 24.3 Å². The minimum absolute atomic E-state index is 0.108. The second-order valence-electron chi connectivity index (χ2n) is 4.84. The van der Waals surface area contributed by atoms with Crippen molar-refractivity contribution in [3.63, 3.8) is 0 Å². The highest BCUT2D eigenvalue weighted by Crippen LogP contribution is 2.29. The Balaban J connectivity index is 2.12. The summed E-state index contributed by atoms with van der Waals surface area (Å²) in [6.45, 7) is 0. The van der Waals surface area contributed by atoms with E-state index < -0.39 is 12.1 Å². The minimum Gasteiger partial charge on any atom is -0.481 e. The first-order valence-electron chi connectivity index (χ1n) is 6.66. The average molecular weight is 276 g/mol. The quantitative estimate of drug-likeness (QED) is 0.792. The highest BCUT2D eigenvalue weighted by atomic mass is 19.1. The molecule has 20 heavy (non-hydrogen) atoms. The molecule has 2 aromatic rings. The van der Waals surface area contributed by atoms with Gasteiger partial charge in [0.25, 0.3) is 0 Å². The lowest BCUT2D eigenvalue weighted by Gasteiger charge is -2.14. The Labute approximate surface area is 116 Å². The van der Waals surface area contributed by atoms with Gasteiger partial charge in [-0.25, -0.2) is 4.39 Å². The number of hydrogen-bond acceptors (Lipinski definition) is 2. The van der Waals surface area contributed by atoms with Crippen LogP contribution in [0.4, 0.5) is 4.39 Å². The minimum atomic E-state index is -0.827. The van der Waals surface area contributed by atoms with Crippen molar-refractivity contribution in [3.8, 4) is 0 Å². The van der Waals surface area contributed by atoms with Crippen LogP contribution >= 0.6 is 0 Å². The first-order chi connectivity index (χ1) is 9.59. The van der Waals surface area contributed by atoms with Gasteiger partial charge in [-0.2, -0.15) is 0 Å². The topological polar surface area (TPSA) is 57.5 Å². The number of aliphatic hydroxyl groups excluding tert-OH is 1. The Morgan fingerprint density at radius 2 is 1.80 bits per heavy atom. The van der Waals surface area contributed by atoms with E-state index in [2.05, 4.69) is 0 Å². The van der Waals surface area contributed by atoms with Crippen LogP contribution in [0.1, 0.15) is 37.4 Å². The first-order valence-corrected chi connectivity index (χ1v) is 6.66. The number of aliphatic hydroxyl groups is 1. The molecule has 0 saturated heterocycles. The van der Waals surface area contributed by atoms with Gasteiger partial charge in [-0.15, -0.1) is 0 Å². The van der Waals surface area contributed by atoms with Crippen LogP contribution < -0.4 is 0 Å². The van der Waals surface area contributed by atoms with Gasteiger partial charge in [0.1, 0.15) is 5.82 Å². The summed E-state index contributed by atoms with van der Waals surface area (Å²) in [5, 5.41) is 20.0. The van der Waals surface area contributed by atoms with Crippen LogP contribution in [0.5, 0.6) is 0 Å². The normalized spacial score (nSPS) is 12.5. The Hall–Kier alpha value is -1.94. The summed E-state index contributed by atoms with van der Waals surface area (Å²) in [5.74, 6) is -1.13. The molecule has 0 aliphatic heterocycles. The number of halogens is 1. The maximum absolute atomic E-state index is 13.7. The van der Waals surface area contributed by atoms with E-state index in [1.807, 2.05) is 6.07 Å². The van der Waals surface area contributed by atoms with Gasteiger partial charge in [0.05, 0.1) is 6.10 Å². The molecule has 0 heterocycles. The number of carboxylic acid groups (broad SMARTS) is 1. The molecule has 2 N–H and O–H groups in total. The zero-order valence-corrected chi connectivity index (χ0v) is 11.1. The van der Waals surface area contributed by atoms with E-state index in [0.717, 1.165) is 0 Å². The number of carboxylic acids is 1. The number of rotatable bonds is 6. The molecule has 0 aliphatic carbocycles. The lowest BCUT2D eigenvalue weighted by atomic mass is 9.97. The number of carbonyl (C=O) groups is 1. The lowest BCUT2D eigenvalue weighted by molar-refractivity contribution is -0.137. The SMILES string of the molecule is O=C(O)CCCCC(O)c1ccc(F)c2ccccc12. The van der Waals surface area contributed by atoms with Crippen molar-refractivity contribution in [2.75, 3.05) is 0 Å². The average Bonchev–Trinajstić information content (AvgIpc) is 2.44. The Kier molecular flexibility index (Phi) is 4.69. The molecule has 0 radical (unpaired) electrons. The molecule has 0 amide bonds. The van der Waals surface area contributed by atoms with Crippen molar-refractivity contribution in [2.24, 2.45) is 0 Å². The molecule has 0 aliphatic rings. The number of fused-ring (bicyclic) bond motifs is 1. The fourth-order valence-electron chi connectivity index (χ4n) is 2.35. The molecule has 1 atom stereocenters. The van der Waals surface area contributed by atoms with E-state index >= 15 is 0 Å². The number of hydrogen-bond donors (Lipinski definition) is 2. The fourth-order valence-corrected chi connectivity index (χ4v) is 2.35. The van der Waals surface area contributed by atoms with Crippen LogP contribution in [0.2, 0.25) is 0 Å². The number of benzene rings is 2. The summed E-state index contributed by atoms with van der Waals surface area (Å²) < 4.78 is 13.7. The summed E-state index contributed by atoms with van der Waals surface area (Å²) in [6, 6.07) is 9.99. The molecule has 2 aromatic carbocycles. The fraction of sp³-hybridized carbons (Fsp3) is 0.312. The van der Waals surface area contributed by atoms with Crippen LogP contribution in [-0.4, -0.2) is 16.2 Å². The summed E-state index contributed by atoms with van der Waals surface area (Å²) >= 11 is 0. The van der Waals surface area contributed by atoms with Gasteiger partial charge in [0.2, 0.25) is 0 Å². The van der Waals surface area contributed by atoms with E-state index in [1.165, 1.54) is 6.07 Å². The molecule has 106 valence electrons. The largest absolute Gasteiger partial charge is 0.481 e. The second-order valence-corrected chi connectivity index (χ2v) is 4.84. The standard InChI is InChI=1S/C16H17FO3/c17-14-10-9-13(11-5-1-2-6-12(11)14)15(18)7-3-4-8-16(19)20/h1-2,5-6,9-10,15,18H,3-4,7-8H2,(H,19,20). The Morgan fingerprint density at radius 1 is 1.10 bits per heavy atom. The Morgan fingerprint density at radius 3 is 2.50 bits per heavy atom. The third-order valence-electron chi connectivity index (χ3n) is 3.38. The summed E-state index contributed by atoms with van der Waals surface area (Å²) in [5.41, 5.74) is 0.692. The summed E-state index contributed by atoms with van der Waals surface area (Å²) in [4.78, 5) is 10.4. The van der Waals surface area contributed by atoms with Crippen LogP contribution in [0.15, 0.2) is 36.4 Å². The molecule has 0 saturated carbocycles. The molecule has 3 nitrogen and oxygen atoms in total. The molecule has 0 fully saturated rings. The molecule has 4 heteroatoms. The van der Waals surface area contributed by atoms with Crippen molar-refractivity contribution in [3.05, 3.63) is 47.8 Å². The van der Waals surface area contributed by atoms with Gasteiger partial charge in [0, 0.05) is 11.8 Å². The third-order valence-corrected chi connectivity index (χ3v) is 3.38. The Bertz CT molecular complexity index is 610. The second kappa shape index (κ2) is 6.48. The third kappa shape index (κ3) is 3.33. The van der Waals surface area contributed by atoms with Crippen molar-refractivity contribution < 1.29 is 19.4 Å². The highest BCUT2D eigenvalue weighted by molar-refractivity contribution is 5.86. The molecular formula is C16H17FO3. The zero-order valence-electron chi connectivity index (χ0n) is 11.1. The molecule has 0 aromatic heterocycles. The van der Waals surface area contributed by atoms with Crippen molar-refractivity contribution in [2.45, 2.75) is 31.8 Å². The predicted molar refractivity (Wildman–Crippen MR) is 75.0 cm³/mol. The molecule has 1 unspecified atom stereocenters. The highest BCUT2D eigenvalue weighted by Gasteiger charge is 2.13. The van der Waals surface area contributed by atoms with Gasteiger partial charge in [-0.1, -0.05) is 30.3 Å². The van der Waals surface area contributed by atoms with Crippen LogP contribution in [0.25, 0.3) is 10.8 Å². The van der Waals surface area contributed by atoms with Gasteiger partial charge in [-0.3, -0.25) is 4.79 Å². The van der Waals surface area contributed by atoms with E-state index in [4.69, 9.17) is 5.11 Å². The molecular weight excluding hydrogens is 259 g/mol. The maximum atomic E-state index is 13.7. The van der Waals surface area contributed by atoms with E-state index in [-0.39, 0.29) is 12.2 Å². The maximum Gasteiger partial charge on any atom is 0.303 e. The molecule has 0 bridgehead atoms.